The Bertz CT molecular complexity index is 1430. The van der Waals surface area contributed by atoms with Gasteiger partial charge in [0.05, 0.1) is 39.0 Å². The maximum absolute atomic E-state index is 6.05. The molecule has 34 heavy (non-hydrogen) atoms. The average molecular weight is 483 g/mol. The van der Waals surface area contributed by atoms with E-state index in [1.807, 2.05) is 71.4 Å². The van der Waals surface area contributed by atoms with Crippen molar-refractivity contribution in [2.75, 3.05) is 5.43 Å². The van der Waals surface area contributed by atoms with Crippen molar-refractivity contribution < 1.29 is 0 Å². The summed E-state index contributed by atoms with van der Waals surface area (Å²) in [5.74, 6) is 0. The summed E-state index contributed by atoms with van der Waals surface area (Å²) in [6.07, 6.45) is 1.75. The molecule has 1 N–H and O–H groups in total. The molecule has 0 saturated heterocycles. The predicted octanol–water partition coefficient (Wildman–Crippen LogP) is 7.96. The Morgan fingerprint density at radius 3 is 2.06 bits per heavy atom. The number of hydrazone groups is 1. The third-order valence-corrected chi connectivity index (χ3v) is 6.05. The van der Waals surface area contributed by atoms with E-state index in [0.29, 0.717) is 10.0 Å². The molecule has 0 bridgehead atoms. The lowest BCUT2D eigenvalue weighted by Gasteiger charge is -2.08. The van der Waals surface area contributed by atoms with Gasteiger partial charge in [-0.15, -0.1) is 0 Å². The smallest absolute Gasteiger partial charge is 0.0934 e. The number of halogens is 2. The molecule has 0 aliphatic carbocycles. The van der Waals surface area contributed by atoms with Crippen LogP contribution in [0.15, 0.2) is 114 Å². The first-order chi connectivity index (χ1) is 16.7. The lowest BCUT2D eigenvalue weighted by Crippen LogP contribution is -1.99. The summed E-state index contributed by atoms with van der Waals surface area (Å²) in [5.41, 5.74) is 9.79. The Kier molecular flexibility index (Phi) is 6.43. The summed E-state index contributed by atoms with van der Waals surface area (Å²) in [6, 6.07) is 36.0. The minimum Gasteiger partial charge on any atom is -0.278 e. The highest BCUT2D eigenvalue weighted by Gasteiger charge is 2.13. The van der Waals surface area contributed by atoms with Crippen LogP contribution in [-0.4, -0.2) is 16.0 Å². The number of nitrogens with one attached hydrogen (secondary N) is 1. The fraction of sp³-hybridized carbons (Fsp3) is 0. The van der Waals surface area contributed by atoms with Gasteiger partial charge in [0.1, 0.15) is 0 Å². The second-order valence-corrected chi connectivity index (χ2v) is 8.46. The largest absolute Gasteiger partial charge is 0.278 e. The Morgan fingerprint density at radius 2 is 1.38 bits per heavy atom. The van der Waals surface area contributed by atoms with E-state index in [-0.39, 0.29) is 0 Å². The molecule has 1 heterocycles. The van der Waals surface area contributed by atoms with Gasteiger partial charge in [-0.3, -0.25) is 5.43 Å². The van der Waals surface area contributed by atoms with E-state index in [1.54, 1.807) is 18.3 Å². The van der Waals surface area contributed by atoms with Crippen LogP contribution in [0.25, 0.3) is 28.2 Å². The molecule has 0 atom stereocenters. The summed E-state index contributed by atoms with van der Waals surface area (Å²) in [6.45, 7) is 0. The summed E-state index contributed by atoms with van der Waals surface area (Å²) >= 11 is 12.0. The van der Waals surface area contributed by atoms with Crippen LogP contribution in [0, 0.1) is 0 Å². The molecular weight excluding hydrogens is 463 g/mol. The molecule has 0 amide bonds. The first-order valence-electron chi connectivity index (χ1n) is 10.7. The van der Waals surface area contributed by atoms with Gasteiger partial charge in [0.2, 0.25) is 0 Å². The Hall–Kier alpha value is -3.86. The first-order valence-corrected chi connectivity index (χ1v) is 11.5. The van der Waals surface area contributed by atoms with Crippen molar-refractivity contribution in [2.24, 2.45) is 5.10 Å². The quantitative estimate of drug-likeness (QED) is 0.197. The molecule has 5 rings (SSSR count). The van der Waals surface area contributed by atoms with Crippen LogP contribution in [-0.2, 0) is 0 Å². The summed E-state index contributed by atoms with van der Waals surface area (Å²) in [4.78, 5) is 0. The molecule has 4 aromatic carbocycles. The minimum absolute atomic E-state index is 0.481. The number of nitrogens with zero attached hydrogens (tertiary/aromatic N) is 3. The van der Waals surface area contributed by atoms with E-state index in [0.717, 1.165) is 39.5 Å². The van der Waals surface area contributed by atoms with Gasteiger partial charge in [0.15, 0.2) is 0 Å². The standard InChI is InChI=1S/C28H20Cl2N4/c29-25-16-13-23(17-26(25)30)32-31-19-20-11-14-24(15-12-20)34-28(22-9-5-2-6-10-22)18-27(33-34)21-7-3-1-4-8-21/h1-19,32H. The van der Waals surface area contributed by atoms with Crippen LogP contribution >= 0.6 is 23.2 Å². The van der Waals surface area contributed by atoms with Crippen LogP contribution in [0.3, 0.4) is 0 Å². The number of hydrogen-bond donors (Lipinski definition) is 1. The van der Waals surface area contributed by atoms with Gasteiger partial charge in [-0.05, 0) is 42.0 Å². The third kappa shape index (κ3) is 4.88. The van der Waals surface area contributed by atoms with Crippen molar-refractivity contribution in [3.8, 4) is 28.2 Å². The Balaban J connectivity index is 1.42. The van der Waals surface area contributed by atoms with Crippen LogP contribution in [0.5, 0.6) is 0 Å². The minimum atomic E-state index is 0.481. The van der Waals surface area contributed by atoms with Gasteiger partial charge in [0.25, 0.3) is 0 Å². The maximum Gasteiger partial charge on any atom is 0.0934 e. The topological polar surface area (TPSA) is 42.2 Å². The zero-order chi connectivity index (χ0) is 23.3. The molecule has 1 aromatic heterocycles. The Labute approximate surface area is 208 Å². The summed E-state index contributed by atoms with van der Waals surface area (Å²) in [5, 5.41) is 10.2. The average Bonchev–Trinajstić information content (AvgIpc) is 3.33. The van der Waals surface area contributed by atoms with E-state index in [9.17, 15) is 0 Å². The molecule has 166 valence electrons. The molecule has 0 unspecified atom stereocenters. The van der Waals surface area contributed by atoms with E-state index in [4.69, 9.17) is 28.3 Å². The highest BCUT2D eigenvalue weighted by molar-refractivity contribution is 6.42. The first kappa shape index (κ1) is 22.0. The number of benzene rings is 4. The molecule has 0 saturated carbocycles. The van der Waals surface area contributed by atoms with Crippen molar-refractivity contribution in [3.05, 3.63) is 125 Å². The summed E-state index contributed by atoms with van der Waals surface area (Å²) in [7, 11) is 0. The van der Waals surface area contributed by atoms with Gasteiger partial charge in [-0.25, -0.2) is 4.68 Å². The fourth-order valence-electron chi connectivity index (χ4n) is 3.59. The number of anilines is 1. The molecule has 0 fully saturated rings. The summed E-state index contributed by atoms with van der Waals surface area (Å²) < 4.78 is 1.98. The monoisotopic (exact) mass is 482 g/mol. The molecule has 0 aliphatic rings. The van der Waals surface area contributed by atoms with Crippen LogP contribution in [0.4, 0.5) is 5.69 Å². The number of aromatic nitrogens is 2. The van der Waals surface area contributed by atoms with Gasteiger partial charge in [-0.2, -0.15) is 10.2 Å². The van der Waals surface area contributed by atoms with Gasteiger partial charge >= 0.3 is 0 Å². The lowest BCUT2D eigenvalue weighted by atomic mass is 10.1. The second-order valence-electron chi connectivity index (χ2n) is 7.65. The second kappa shape index (κ2) is 9.96. The van der Waals surface area contributed by atoms with Crippen LogP contribution in [0.2, 0.25) is 10.0 Å². The normalized spacial score (nSPS) is 11.1. The molecule has 0 radical (unpaired) electrons. The van der Waals surface area contributed by atoms with Crippen LogP contribution in [0.1, 0.15) is 5.56 Å². The Morgan fingerprint density at radius 1 is 0.706 bits per heavy atom. The molecule has 4 nitrogen and oxygen atoms in total. The lowest BCUT2D eigenvalue weighted by molar-refractivity contribution is 0.892. The SMILES string of the molecule is Clc1ccc(NN=Cc2ccc(-n3nc(-c4ccccc4)cc3-c3ccccc3)cc2)cc1Cl. The highest BCUT2D eigenvalue weighted by Crippen LogP contribution is 2.29. The zero-order valence-electron chi connectivity index (χ0n) is 18.1. The highest BCUT2D eigenvalue weighted by atomic mass is 35.5. The van der Waals surface area contributed by atoms with Crippen molar-refractivity contribution in [3.63, 3.8) is 0 Å². The van der Waals surface area contributed by atoms with Gasteiger partial charge < -0.3 is 0 Å². The van der Waals surface area contributed by atoms with E-state index < -0.39 is 0 Å². The molecule has 5 aromatic rings. The molecular formula is C28H20Cl2N4. The van der Waals surface area contributed by atoms with Crippen LogP contribution < -0.4 is 5.43 Å². The van der Waals surface area contributed by atoms with Crippen molar-refractivity contribution >= 4 is 35.1 Å². The van der Waals surface area contributed by atoms with Gasteiger partial charge in [0, 0.05) is 11.1 Å². The molecule has 0 aliphatic heterocycles. The number of rotatable bonds is 6. The fourth-order valence-corrected chi connectivity index (χ4v) is 3.89. The van der Waals surface area contributed by atoms with Crippen molar-refractivity contribution in [2.45, 2.75) is 0 Å². The third-order valence-electron chi connectivity index (χ3n) is 5.31. The van der Waals surface area contributed by atoms with E-state index in [2.05, 4.69) is 40.9 Å². The molecule has 0 spiro atoms. The van der Waals surface area contributed by atoms with E-state index >= 15 is 0 Å². The van der Waals surface area contributed by atoms with Crippen molar-refractivity contribution in [1.29, 1.82) is 0 Å². The van der Waals surface area contributed by atoms with Gasteiger partial charge in [-0.1, -0.05) is 96.0 Å². The zero-order valence-corrected chi connectivity index (χ0v) is 19.6. The molecule has 6 heteroatoms. The van der Waals surface area contributed by atoms with E-state index in [1.165, 1.54) is 0 Å². The van der Waals surface area contributed by atoms with Crippen molar-refractivity contribution in [1.82, 2.24) is 9.78 Å². The number of hydrogen-bond acceptors (Lipinski definition) is 3. The predicted molar refractivity (Wildman–Crippen MR) is 142 cm³/mol. The maximum atomic E-state index is 6.05.